The molecule has 29 heavy (non-hydrogen) atoms. The van der Waals surface area contributed by atoms with Crippen LogP contribution in [0.4, 0.5) is 0 Å². The van der Waals surface area contributed by atoms with Crippen LogP contribution in [0.3, 0.4) is 0 Å². The molecule has 3 aromatic carbocycles. The van der Waals surface area contributed by atoms with Gasteiger partial charge in [-0.3, -0.25) is 9.36 Å². The lowest BCUT2D eigenvalue weighted by molar-refractivity contribution is 0.657. The molecule has 0 spiro atoms. The molecule has 0 radical (unpaired) electrons. The zero-order chi connectivity index (χ0) is 19.6. The number of hydrogen-bond acceptors (Lipinski definition) is 4. The standard InChI is InChI=1S/C24H17N3OS/c28-23-20(16-17-10-4-1-5-11-17)29-24-26-25-21(18-12-6-2-7-13-18)22(27(23)24)19-14-8-3-9-15-19/h1-16,22H/b20-16+. The minimum atomic E-state index is -0.312. The Balaban J connectivity index is 1.74. The normalized spacial score (nSPS) is 16.1. The zero-order valence-corrected chi connectivity index (χ0v) is 16.3. The van der Waals surface area contributed by atoms with Gasteiger partial charge in [0, 0.05) is 5.56 Å². The third-order valence-corrected chi connectivity index (χ3v) is 5.85. The lowest BCUT2D eigenvalue weighted by atomic mass is 9.96. The molecule has 0 aliphatic carbocycles. The molecule has 5 heteroatoms. The number of aromatic nitrogens is 1. The van der Waals surface area contributed by atoms with Crippen LogP contribution in [-0.2, 0) is 0 Å². The number of hydrogen-bond donors (Lipinski definition) is 0. The van der Waals surface area contributed by atoms with Gasteiger partial charge in [0.1, 0.15) is 6.04 Å². The predicted molar refractivity (Wildman–Crippen MR) is 117 cm³/mol. The number of benzene rings is 3. The van der Waals surface area contributed by atoms with E-state index >= 15 is 0 Å². The summed E-state index contributed by atoms with van der Waals surface area (Å²) in [4.78, 5) is 14.0. The predicted octanol–water partition coefficient (Wildman–Crippen LogP) is 3.37. The summed E-state index contributed by atoms with van der Waals surface area (Å²) in [5, 5.41) is 8.94. The van der Waals surface area contributed by atoms with E-state index in [4.69, 9.17) is 0 Å². The molecule has 4 nitrogen and oxygen atoms in total. The molecule has 4 aromatic rings. The average Bonchev–Trinajstić information content (AvgIpc) is 3.10. The van der Waals surface area contributed by atoms with Crippen LogP contribution in [-0.4, -0.2) is 10.3 Å². The Morgan fingerprint density at radius 2 is 1.41 bits per heavy atom. The molecule has 2 heterocycles. The SMILES string of the molecule is O=c1/c(=C\c2ccccc2)sc2n1C(c1ccccc1)C(c1ccccc1)=NN=2. The Hall–Kier alpha value is -3.57. The van der Waals surface area contributed by atoms with Crippen LogP contribution in [0, 0.1) is 0 Å². The van der Waals surface area contributed by atoms with Crippen LogP contribution in [0.2, 0.25) is 0 Å². The van der Waals surface area contributed by atoms with E-state index in [0.717, 1.165) is 22.4 Å². The van der Waals surface area contributed by atoms with E-state index in [9.17, 15) is 4.79 Å². The van der Waals surface area contributed by atoms with Gasteiger partial charge in [0.2, 0.25) is 4.80 Å². The molecule has 1 aromatic heterocycles. The number of rotatable bonds is 3. The minimum absolute atomic E-state index is 0.0465. The summed E-state index contributed by atoms with van der Waals surface area (Å²) in [6, 6.07) is 29.5. The van der Waals surface area contributed by atoms with E-state index in [0.29, 0.717) is 9.33 Å². The van der Waals surface area contributed by atoms with Crippen LogP contribution in [0.1, 0.15) is 22.7 Å². The molecule has 0 fully saturated rings. The van der Waals surface area contributed by atoms with Gasteiger partial charge in [-0.25, -0.2) is 0 Å². The lowest BCUT2D eigenvalue weighted by Crippen LogP contribution is -2.40. The van der Waals surface area contributed by atoms with Crippen molar-refractivity contribution < 1.29 is 0 Å². The molecule has 1 atom stereocenters. The van der Waals surface area contributed by atoms with Crippen LogP contribution in [0.5, 0.6) is 0 Å². The molecule has 0 saturated heterocycles. The summed E-state index contributed by atoms with van der Waals surface area (Å²) in [5.41, 5.74) is 3.69. The number of thiazole rings is 1. The largest absolute Gasteiger partial charge is 0.271 e. The Morgan fingerprint density at radius 1 is 0.793 bits per heavy atom. The Labute approximate surface area is 171 Å². The maximum Gasteiger partial charge on any atom is 0.271 e. The van der Waals surface area contributed by atoms with E-state index in [1.165, 1.54) is 11.3 Å². The van der Waals surface area contributed by atoms with Crippen molar-refractivity contribution in [2.75, 3.05) is 0 Å². The van der Waals surface area contributed by atoms with Crippen LogP contribution in [0.15, 0.2) is 106 Å². The molecule has 0 amide bonds. The topological polar surface area (TPSA) is 46.7 Å². The van der Waals surface area contributed by atoms with Gasteiger partial charge in [0.15, 0.2) is 0 Å². The van der Waals surface area contributed by atoms with Gasteiger partial charge < -0.3 is 0 Å². The van der Waals surface area contributed by atoms with E-state index < -0.39 is 0 Å². The van der Waals surface area contributed by atoms with Crippen molar-refractivity contribution in [1.29, 1.82) is 0 Å². The zero-order valence-electron chi connectivity index (χ0n) is 15.5. The van der Waals surface area contributed by atoms with Crippen molar-refractivity contribution in [2.45, 2.75) is 6.04 Å². The average molecular weight is 395 g/mol. The van der Waals surface area contributed by atoms with Crippen LogP contribution in [0.25, 0.3) is 6.08 Å². The van der Waals surface area contributed by atoms with Crippen molar-refractivity contribution >= 4 is 23.1 Å². The second-order valence-electron chi connectivity index (χ2n) is 6.74. The van der Waals surface area contributed by atoms with Gasteiger partial charge >= 0.3 is 0 Å². The van der Waals surface area contributed by atoms with Crippen molar-refractivity contribution in [3.05, 3.63) is 127 Å². The van der Waals surface area contributed by atoms with Gasteiger partial charge in [-0.2, -0.15) is 0 Å². The summed E-state index contributed by atoms with van der Waals surface area (Å²) < 4.78 is 2.42. The highest BCUT2D eigenvalue weighted by Gasteiger charge is 2.28. The molecule has 1 aliphatic heterocycles. The quantitative estimate of drug-likeness (QED) is 0.525. The van der Waals surface area contributed by atoms with E-state index in [1.807, 2.05) is 97.1 Å². The van der Waals surface area contributed by atoms with Crippen molar-refractivity contribution in [2.24, 2.45) is 10.2 Å². The van der Waals surface area contributed by atoms with Crippen molar-refractivity contribution in [3.8, 4) is 0 Å². The fraction of sp³-hybridized carbons (Fsp3) is 0.0417. The summed E-state index contributed by atoms with van der Waals surface area (Å²) in [6.45, 7) is 0. The van der Waals surface area contributed by atoms with E-state index in [-0.39, 0.29) is 11.6 Å². The number of nitrogens with zero attached hydrogens (tertiary/aromatic N) is 3. The molecule has 0 saturated carbocycles. The highest BCUT2D eigenvalue weighted by atomic mass is 32.1. The molecule has 0 N–H and O–H groups in total. The van der Waals surface area contributed by atoms with Gasteiger partial charge in [-0.05, 0) is 17.2 Å². The summed E-state index contributed by atoms with van der Waals surface area (Å²) >= 11 is 1.37. The third-order valence-electron chi connectivity index (χ3n) is 4.88. The van der Waals surface area contributed by atoms with Gasteiger partial charge in [-0.1, -0.05) is 102 Å². The maximum atomic E-state index is 13.4. The molecule has 1 unspecified atom stereocenters. The monoisotopic (exact) mass is 395 g/mol. The Kier molecular flexibility index (Phi) is 4.50. The highest BCUT2D eigenvalue weighted by Crippen LogP contribution is 2.23. The summed E-state index contributed by atoms with van der Waals surface area (Å²) in [5.74, 6) is 0. The Morgan fingerprint density at radius 3 is 2.10 bits per heavy atom. The first-order valence-corrected chi connectivity index (χ1v) is 10.2. The molecular formula is C24H17N3OS. The van der Waals surface area contributed by atoms with E-state index in [1.54, 1.807) is 4.57 Å². The first kappa shape index (κ1) is 17.5. The minimum Gasteiger partial charge on any atom is -0.268 e. The highest BCUT2D eigenvalue weighted by molar-refractivity contribution is 7.07. The van der Waals surface area contributed by atoms with Crippen LogP contribution >= 0.6 is 11.3 Å². The smallest absolute Gasteiger partial charge is 0.268 e. The van der Waals surface area contributed by atoms with Gasteiger partial charge in [-0.15, -0.1) is 10.2 Å². The van der Waals surface area contributed by atoms with Gasteiger partial charge in [0.05, 0.1) is 10.2 Å². The summed E-state index contributed by atoms with van der Waals surface area (Å²) in [7, 11) is 0. The number of fused-ring (bicyclic) bond motifs is 1. The maximum absolute atomic E-state index is 13.4. The second-order valence-corrected chi connectivity index (χ2v) is 7.75. The Bertz CT molecular complexity index is 1350. The fourth-order valence-corrected chi connectivity index (χ4v) is 4.47. The van der Waals surface area contributed by atoms with Gasteiger partial charge in [0.25, 0.3) is 5.56 Å². The summed E-state index contributed by atoms with van der Waals surface area (Å²) in [6.07, 6.45) is 1.91. The van der Waals surface area contributed by atoms with Crippen molar-refractivity contribution in [1.82, 2.24) is 4.57 Å². The van der Waals surface area contributed by atoms with Crippen LogP contribution < -0.4 is 14.9 Å². The molecule has 5 rings (SSSR count). The first-order chi connectivity index (χ1) is 14.3. The molecule has 0 bridgehead atoms. The van der Waals surface area contributed by atoms with E-state index in [2.05, 4.69) is 10.2 Å². The molecule has 140 valence electrons. The first-order valence-electron chi connectivity index (χ1n) is 9.35. The second kappa shape index (κ2) is 7.45. The molecule has 1 aliphatic rings. The lowest BCUT2D eigenvalue weighted by Gasteiger charge is -2.22. The van der Waals surface area contributed by atoms with Crippen molar-refractivity contribution in [3.63, 3.8) is 0 Å². The third kappa shape index (κ3) is 3.26. The fourth-order valence-electron chi connectivity index (χ4n) is 3.53. The molecular weight excluding hydrogens is 378 g/mol.